The van der Waals surface area contributed by atoms with E-state index in [2.05, 4.69) is 80.5 Å². The summed E-state index contributed by atoms with van der Waals surface area (Å²) < 4.78 is 23.9. The van der Waals surface area contributed by atoms with E-state index in [9.17, 15) is 9.90 Å². The Hall–Kier alpha value is -3.48. The van der Waals surface area contributed by atoms with Crippen LogP contribution in [0.2, 0.25) is 0 Å². The number of aliphatic hydroxyl groups excluding tert-OH is 1. The number of rotatable bonds is 7. The maximum absolute atomic E-state index is 13.7. The summed E-state index contributed by atoms with van der Waals surface area (Å²) in [6.07, 6.45) is 0.472. The number of aliphatic hydroxyl groups is 1. The van der Waals surface area contributed by atoms with Crippen molar-refractivity contribution in [1.29, 1.82) is 0 Å². The minimum absolute atomic E-state index is 0.0373. The first-order chi connectivity index (χ1) is 21.9. The van der Waals surface area contributed by atoms with Crippen LogP contribution in [0.1, 0.15) is 71.8 Å². The fraction of sp³-hybridized carbons (Fsp3) is 0.486. The van der Waals surface area contributed by atoms with Crippen molar-refractivity contribution in [3.05, 3.63) is 53.9 Å². The number of fused-ring (bicyclic) bond motifs is 6. The summed E-state index contributed by atoms with van der Waals surface area (Å²) in [6.45, 7) is 13.2. The Morgan fingerprint density at radius 3 is 2.59 bits per heavy atom. The van der Waals surface area contributed by atoms with Gasteiger partial charge in [-0.25, -0.2) is 4.98 Å². The van der Waals surface area contributed by atoms with E-state index in [-0.39, 0.29) is 17.9 Å². The van der Waals surface area contributed by atoms with Gasteiger partial charge in [-0.15, -0.1) is 0 Å². The Balaban J connectivity index is 1.19. The molecule has 1 unspecified atom stereocenters. The van der Waals surface area contributed by atoms with E-state index >= 15 is 0 Å². The molecule has 3 aliphatic heterocycles. The Morgan fingerprint density at radius 1 is 1.11 bits per heavy atom. The molecule has 2 saturated heterocycles. The van der Waals surface area contributed by atoms with Crippen molar-refractivity contribution in [2.75, 3.05) is 13.7 Å². The molecule has 242 valence electrons. The molecular weight excluding hydrogens is 583 g/mol. The highest BCUT2D eigenvalue weighted by Crippen LogP contribution is 2.43. The first kappa shape index (κ1) is 31.1. The van der Waals surface area contributed by atoms with Gasteiger partial charge in [-0.3, -0.25) is 10.1 Å². The van der Waals surface area contributed by atoms with Gasteiger partial charge >= 0.3 is 7.12 Å². The average Bonchev–Trinajstić information content (AvgIpc) is 3.73. The highest BCUT2D eigenvalue weighted by Gasteiger charge is 2.51. The zero-order chi connectivity index (χ0) is 32.5. The van der Waals surface area contributed by atoms with Gasteiger partial charge in [0.25, 0.3) is 0 Å². The van der Waals surface area contributed by atoms with Gasteiger partial charge in [-0.2, -0.15) is 0 Å². The topological polar surface area (TPSA) is 118 Å². The van der Waals surface area contributed by atoms with Gasteiger partial charge in [0.15, 0.2) is 0 Å². The zero-order valence-electron chi connectivity index (χ0n) is 27.6. The summed E-state index contributed by atoms with van der Waals surface area (Å²) >= 11 is 0. The molecule has 46 heavy (non-hydrogen) atoms. The van der Waals surface area contributed by atoms with Crippen molar-refractivity contribution in [2.24, 2.45) is 5.92 Å². The van der Waals surface area contributed by atoms with Gasteiger partial charge < -0.3 is 33.8 Å². The van der Waals surface area contributed by atoms with Crippen LogP contribution in [0.4, 0.5) is 0 Å². The van der Waals surface area contributed by atoms with Crippen LogP contribution in [0.15, 0.2) is 42.5 Å². The molecule has 3 aliphatic rings. The molecule has 4 aromatic rings. The maximum Gasteiger partial charge on any atom is 0.494 e. The second-order valence-corrected chi connectivity index (χ2v) is 14.1. The van der Waals surface area contributed by atoms with Gasteiger partial charge in [0.05, 0.1) is 34.3 Å². The van der Waals surface area contributed by atoms with Crippen LogP contribution in [0, 0.1) is 5.92 Å². The molecule has 2 fully saturated rings. The molecular formula is C35H43BN4O6. The predicted molar refractivity (Wildman–Crippen MR) is 178 cm³/mol. The Morgan fingerprint density at radius 2 is 1.87 bits per heavy atom. The summed E-state index contributed by atoms with van der Waals surface area (Å²) in [5.41, 5.74) is 5.23. The van der Waals surface area contributed by atoms with E-state index in [0.717, 1.165) is 68.4 Å². The number of imidazole rings is 1. The number of carbonyl (C=O) groups is 1. The van der Waals surface area contributed by atoms with Crippen LogP contribution >= 0.6 is 0 Å². The SMILES string of the molecule is COC(O)N[C@H](C(=O)N1CCC[C@H]1c1nc2c(ccc3cc4c(cc32)OCc2cc(B3OC(C)(C)C(C)(C)O3)ccc2-4)[nH]1)C(C)C. The lowest BCUT2D eigenvalue weighted by atomic mass is 9.77. The fourth-order valence-corrected chi connectivity index (χ4v) is 6.87. The number of aromatic amines is 1. The van der Waals surface area contributed by atoms with E-state index in [1.165, 1.54) is 7.11 Å². The highest BCUT2D eigenvalue weighted by atomic mass is 16.7. The number of ether oxygens (including phenoxy) is 2. The number of nitrogens with one attached hydrogen (secondary N) is 2. The number of H-pyrrole nitrogens is 1. The molecule has 1 amide bonds. The number of likely N-dealkylation sites (tertiary alicyclic amines) is 1. The summed E-state index contributed by atoms with van der Waals surface area (Å²) in [5, 5.41) is 15.0. The number of aromatic nitrogens is 2. The van der Waals surface area contributed by atoms with E-state index in [1.54, 1.807) is 0 Å². The number of hydrogen-bond donors (Lipinski definition) is 3. The number of methoxy groups -OCH3 is 1. The third kappa shape index (κ3) is 5.18. The lowest BCUT2D eigenvalue weighted by molar-refractivity contribution is -0.145. The van der Waals surface area contributed by atoms with E-state index < -0.39 is 30.8 Å². The van der Waals surface area contributed by atoms with Crippen molar-refractivity contribution < 1.29 is 28.7 Å². The smallest absolute Gasteiger partial charge is 0.488 e. The van der Waals surface area contributed by atoms with Crippen molar-refractivity contribution in [3.63, 3.8) is 0 Å². The van der Waals surface area contributed by atoms with Gasteiger partial charge in [0.1, 0.15) is 18.2 Å². The molecule has 0 aliphatic carbocycles. The fourth-order valence-electron chi connectivity index (χ4n) is 6.87. The largest absolute Gasteiger partial charge is 0.494 e. The van der Waals surface area contributed by atoms with Gasteiger partial charge in [-0.05, 0) is 86.6 Å². The molecule has 0 bridgehead atoms. The van der Waals surface area contributed by atoms with Crippen LogP contribution < -0.4 is 15.5 Å². The predicted octanol–water partition coefficient (Wildman–Crippen LogP) is 4.77. The van der Waals surface area contributed by atoms with Gasteiger partial charge in [0, 0.05) is 24.6 Å². The minimum Gasteiger partial charge on any atom is -0.488 e. The van der Waals surface area contributed by atoms with Crippen molar-refractivity contribution in [1.82, 2.24) is 20.2 Å². The summed E-state index contributed by atoms with van der Waals surface area (Å²) in [7, 11) is 0.975. The zero-order valence-corrected chi connectivity index (χ0v) is 27.6. The third-order valence-electron chi connectivity index (χ3n) is 10.2. The molecule has 11 heteroatoms. The minimum atomic E-state index is -1.22. The number of carbonyl (C=O) groups excluding carboxylic acids is 1. The number of benzene rings is 3. The van der Waals surface area contributed by atoms with Crippen molar-refractivity contribution >= 4 is 40.3 Å². The molecule has 3 atom stereocenters. The summed E-state index contributed by atoms with van der Waals surface area (Å²) in [6, 6.07) is 14.0. The van der Waals surface area contributed by atoms with Crippen molar-refractivity contribution in [3.8, 4) is 16.9 Å². The van der Waals surface area contributed by atoms with E-state index in [0.29, 0.717) is 13.2 Å². The second kappa shape index (κ2) is 11.3. The molecule has 0 radical (unpaired) electrons. The van der Waals surface area contributed by atoms with Crippen molar-refractivity contribution in [2.45, 2.75) is 90.7 Å². The van der Waals surface area contributed by atoms with Crippen LogP contribution in [-0.4, -0.2) is 70.3 Å². The van der Waals surface area contributed by atoms with Gasteiger partial charge in [0.2, 0.25) is 12.3 Å². The van der Waals surface area contributed by atoms with E-state index in [4.69, 9.17) is 23.8 Å². The van der Waals surface area contributed by atoms with E-state index in [1.807, 2.05) is 18.7 Å². The van der Waals surface area contributed by atoms with Crippen LogP contribution in [-0.2, 0) is 25.4 Å². The molecule has 0 spiro atoms. The van der Waals surface area contributed by atoms with Crippen LogP contribution in [0.3, 0.4) is 0 Å². The number of amides is 1. The van der Waals surface area contributed by atoms with Crippen LogP contribution in [0.25, 0.3) is 32.9 Å². The Bertz CT molecular complexity index is 1800. The quantitative estimate of drug-likeness (QED) is 0.198. The molecule has 7 rings (SSSR count). The summed E-state index contributed by atoms with van der Waals surface area (Å²) in [4.78, 5) is 24.2. The maximum atomic E-state index is 13.7. The normalized spacial score (nSPS) is 21.5. The lowest BCUT2D eigenvalue weighted by Gasteiger charge is -2.32. The highest BCUT2D eigenvalue weighted by molar-refractivity contribution is 6.62. The monoisotopic (exact) mass is 626 g/mol. The van der Waals surface area contributed by atoms with Gasteiger partial charge in [-0.1, -0.05) is 38.1 Å². The number of nitrogens with zero attached hydrogens (tertiary/aromatic N) is 2. The van der Waals surface area contributed by atoms with Crippen LogP contribution in [0.5, 0.6) is 5.75 Å². The molecule has 10 nitrogen and oxygen atoms in total. The average molecular weight is 627 g/mol. The third-order valence-corrected chi connectivity index (χ3v) is 10.2. The molecule has 1 aromatic heterocycles. The molecule has 4 heterocycles. The Labute approximate surface area is 269 Å². The Kier molecular flexibility index (Phi) is 7.68. The summed E-state index contributed by atoms with van der Waals surface area (Å²) in [5.74, 6) is 1.48. The molecule has 0 saturated carbocycles. The first-order valence-electron chi connectivity index (χ1n) is 16.2. The number of hydrogen-bond acceptors (Lipinski definition) is 8. The second-order valence-electron chi connectivity index (χ2n) is 14.1. The first-order valence-corrected chi connectivity index (χ1v) is 16.2. The molecule has 3 aromatic carbocycles. The standard InChI is InChI=1S/C35H43BN4O6/c1-19(2)29(39-33(42)43-7)32(41)40-14-8-9-27(40)31-37-26-13-10-20-16-25-23-12-11-22(36-45-34(3,4)35(5,6)46-36)15-21(23)18-44-28(25)17-24(20)30(26)38-31/h10-13,15-17,19,27,29,33,39,42H,8-9,14,18H2,1-7H3,(H,37,38)/t27-,29-,33?/m0/s1. The molecule has 3 N–H and O–H groups in total. The lowest BCUT2D eigenvalue weighted by Crippen LogP contribution is -2.52.